The van der Waals surface area contributed by atoms with Crippen molar-refractivity contribution < 1.29 is 9.53 Å². The fourth-order valence-corrected chi connectivity index (χ4v) is 2.61. The third-order valence-electron chi connectivity index (χ3n) is 3.95. The van der Waals surface area contributed by atoms with E-state index >= 15 is 0 Å². The van der Waals surface area contributed by atoms with Gasteiger partial charge in [0.1, 0.15) is 5.75 Å². The number of nitrogens with zero attached hydrogens (tertiary/aromatic N) is 1. The number of rotatable bonds is 9. The zero-order valence-electron chi connectivity index (χ0n) is 14.5. The Balaban J connectivity index is 2.60. The molecule has 130 valence electrons. The minimum absolute atomic E-state index is 0.0825. The smallest absolute Gasteiger partial charge is 0.255 e. The summed E-state index contributed by atoms with van der Waals surface area (Å²) in [7, 11) is 1.51. The van der Waals surface area contributed by atoms with Crippen LogP contribution in [0.2, 0.25) is 5.02 Å². The fraction of sp³-hybridized carbons (Fsp3) is 0.588. The molecule has 0 heterocycles. The highest BCUT2D eigenvalue weighted by atomic mass is 35.5. The Kier molecular flexibility index (Phi) is 8.20. The Morgan fingerprint density at radius 2 is 2.04 bits per heavy atom. The molecule has 1 rings (SSSR count). The van der Waals surface area contributed by atoms with Gasteiger partial charge in [-0.3, -0.25) is 4.79 Å². The predicted molar refractivity (Wildman–Crippen MR) is 96.4 cm³/mol. The second kappa shape index (κ2) is 9.63. The van der Waals surface area contributed by atoms with E-state index < -0.39 is 0 Å². The van der Waals surface area contributed by atoms with Gasteiger partial charge in [-0.15, -0.1) is 0 Å². The number of ether oxygens (including phenoxy) is 1. The second-order valence-electron chi connectivity index (χ2n) is 5.62. The van der Waals surface area contributed by atoms with Gasteiger partial charge in [0.2, 0.25) is 0 Å². The van der Waals surface area contributed by atoms with Crippen molar-refractivity contribution in [1.82, 2.24) is 10.2 Å². The van der Waals surface area contributed by atoms with E-state index in [9.17, 15) is 4.79 Å². The van der Waals surface area contributed by atoms with Gasteiger partial charge in [-0.05, 0) is 45.5 Å². The number of carbonyl (C=O) groups excluding carboxylic acids is 1. The molecule has 0 fully saturated rings. The minimum Gasteiger partial charge on any atom is -0.496 e. The Morgan fingerprint density at radius 1 is 1.39 bits per heavy atom. The maximum absolute atomic E-state index is 12.4. The van der Waals surface area contributed by atoms with Gasteiger partial charge in [-0.2, -0.15) is 0 Å². The first-order valence-electron chi connectivity index (χ1n) is 8.09. The lowest BCUT2D eigenvalue weighted by Gasteiger charge is -2.20. The zero-order valence-corrected chi connectivity index (χ0v) is 15.2. The first-order valence-corrected chi connectivity index (χ1v) is 8.46. The Bertz CT molecular complexity index is 519. The molecule has 23 heavy (non-hydrogen) atoms. The summed E-state index contributed by atoms with van der Waals surface area (Å²) in [5, 5.41) is 3.34. The van der Waals surface area contributed by atoms with E-state index in [-0.39, 0.29) is 11.9 Å². The number of methoxy groups -OCH3 is 1. The predicted octanol–water partition coefficient (Wildman–Crippen LogP) is 3.17. The Morgan fingerprint density at radius 3 is 2.61 bits per heavy atom. The molecule has 0 aromatic heterocycles. The number of hydrogen-bond acceptors (Lipinski definition) is 4. The lowest BCUT2D eigenvalue weighted by molar-refractivity contribution is 0.0934. The molecule has 0 radical (unpaired) electrons. The van der Waals surface area contributed by atoms with Gasteiger partial charge in [0, 0.05) is 12.1 Å². The van der Waals surface area contributed by atoms with Crippen molar-refractivity contribution in [3.63, 3.8) is 0 Å². The summed E-state index contributed by atoms with van der Waals surface area (Å²) in [4.78, 5) is 14.8. The fourth-order valence-electron chi connectivity index (χ4n) is 2.45. The van der Waals surface area contributed by atoms with Crippen molar-refractivity contribution in [1.29, 1.82) is 0 Å². The number of hydrogen-bond donors (Lipinski definition) is 2. The number of nitrogens with one attached hydrogen (secondary N) is 1. The second-order valence-corrected chi connectivity index (χ2v) is 6.02. The molecule has 0 saturated carbocycles. The van der Waals surface area contributed by atoms with E-state index in [2.05, 4.69) is 24.1 Å². The molecule has 1 aromatic rings. The van der Waals surface area contributed by atoms with Crippen LogP contribution in [0.1, 0.15) is 44.0 Å². The molecule has 3 N–H and O–H groups in total. The monoisotopic (exact) mass is 341 g/mol. The van der Waals surface area contributed by atoms with E-state index in [0.717, 1.165) is 32.5 Å². The lowest BCUT2D eigenvalue weighted by atomic mass is 10.1. The molecule has 1 atom stereocenters. The van der Waals surface area contributed by atoms with Crippen molar-refractivity contribution >= 4 is 23.2 Å². The topological polar surface area (TPSA) is 67.6 Å². The maximum Gasteiger partial charge on any atom is 0.255 e. The van der Waals surface area contributed by atoms with Crippen molar-refractivity contribution in [3.8, 4) is 5.75 Å². The largest absolute Gasteiger partial charge is 0.496 e. The summed E-state index contributed by atoms with van der Waals surface area (Å²) in [5.41, 5.74) is 6.54. The summed E-state index contributed by atoms with van der Waals surface area (Å²) in [6.45, 7) is 9.48. The number of halogens is 1. The van der Waals surface area contributed by atoms with Crippen LogP contribution in [0.15, 0.2) is 12.1 Å². The number of benzene rings is 1. The van der Waals surface area contributed by atoms with Crippen LogP contribution < -0.4 is 15.8 Å². The lowest BCUT2D eigenvalue weighted by Crippen LogP contribution is -2.34. The highest BCUT2D eigenvalue weighted by Crippen LogP contribution is 2.28. The standard InChI is InChI=1S/C17H28ClN3O2/c1-5-21(6-2)9-7-8-12(3)20-17(22)13-10-14(18)15(19)11-16(13)23-4/h10-12H,5-9,19H2,1-4H3,(H,20,22). The first-order chi connectivity index (χ1) is 10.9. The summed E-state index contributed by atoms with van der Waals surface area (Å²) in [6.07, 6.45) is 1.97. The van der Waals surface area contributed by atoms with Crippen LogP contribution in [0.25, 0.3) is 0 Å². The van der Waals surface area contributed by atoms with Crippen LogP contribution in [-0.4, -0.2) is 43.6 Å². The molecule has 0 saturated heterocycles. The van der Waals surface area contributed by atoms with Crippen LogP contribution in [0.5, 0.6) is 5.75 Å². The molecule has 1 unspecified atom stereocenters. The highest BCUT2D eigenvalue weighted by Gasteiger charge is 2.17. The summed E-state index contributed by atoms with van der Waals surface area (Å²) >= 11 is 6.01. The van der Waals surface area contributed by atoms with Gasteiger partial charge in [0.25, 0.3) is 5.91 Å². The Hall–Kier alpha value is -1.46. The quantitative estimate of drug-likeness (QED) is 0.677. The van der Waals surface area contributed by atoms with Crippen LogP contribution in [0.4, 0.5) is 5.69 Å². The van der Waals surface area contributed by atoms with E-state index in [1.807, 2.05) is 6.92 Å². The number of anilines is 1. The average molecular weight is 342 g/mol. The molecule has 0 aliphatic rings. The van der Waals surface area contributed by atoms with Crippen molar-refractivity contribution in [2.24, 2.45) is 0 Å². The molecule has 0 spiro atoms. The van der Waals surface area contributed by atoms with Gasteiger partial charge in [-0.1, -0.05) is 25.4 Å². The van der Waals surface area contributed by atoms with Gasteiger partial charge < -0.3 is 20.7 Å². The zero-order chi connectivity index (χ0) is 17.4. The normalized spacial score (nSPS) is 12.3. The third kappa shape index (κ3) is 5.92. The van der Waals surface area contributed by atoms with Gasteiger partial charge in [-0.25, -0.2) is 0 Å². The average Bonchev–Trinajstić information content (AvgIpc) is 2.53. The third-order valence-corrected chi connectivity index (χ3v) is 4.27. The maximum atomic E-state index is 12.4. The molecule has 6 heteroatoms. The summed E-state index contributed by atoms with van der Waals surface area (Å²) in [6, 6.07) is 3.20. The number of nitrogen functional groups attached to an aromatic ring is 1. The molecular formula is C17H28ClN3O2. The van der Waals surface area contributed by atoms with Crippen molar-refractivity contribution in [2.45, 2.75) is 39.7 Å². The minimum atomic E-state index is -0.195. The van der Waals surface area contributed by atoms with Crippen molar-refractivity contribution in [3.05, 3.63) is 22.7 Å². The van der Waals surface area contributed by atoms with Crippen LogP contribution in [0, 0.1) is 0 Å². The van der Waals surface area contributed by atoms with Gasteiger partial charge in [0.15, 0.2) is 0 Å². The van der Waals surface area contributed by atoms with Crippen LogP contribution >= 0.6 is 11.6 Å². The van der Waals surface area contributed by atoms with E-state index in [1.165, 1.54) is 7.11 Å². The van der Waals surface area contributed by atoms with Crippen molar-refractivity contribution in [2.75, 3.05) is 32.5 Å². The first kappa shape index (κ1) is 19.6. The van der Waals surface area contributed by atoms with Crippen LogP contribution in [0.3, 0.4) is 0 Å². The molecule has 1 amide bonds. The summed E-state index contributed by atoms with van der Waals surface area (Å²) < 4.78 is 5.22. The van der Waals surface area contributed by atoms with Gasteiger partial charge >= 0.3 is 0 Å². The number of amides is 1. The summed E-state index contributed by atoms with van der Waals surface area (Å²) in [5.74, 6) is 0.235. The molecule has 5 nitrogen and oxygen atoms in total. The molecule has 1 aromatic carbocycles. The molecule has 0 bridgehead atoms. The molecule has 0 aliphatic heterocycles. The van der Waals surface area contributed by atoms with E-state index in [4.69, 9.17) is 22.1 Å². The highest BCUT2D eigenvalue weighted by molar-refractivity contribution is 6.33. The van der Waals surface area contributed by atoms with E-state index in [1.54, 1.807) is 12.1 Å². The number of carbonyl (C=O) groups is 1. The number of nitrogens with two attached hydrogens (primary N) is 1. The molecular weight excluding hydrogens is 314 g/mol. The van der Waals surface area contributed by atoms with E-state index in [0.29, 0.717) is 22.0 Å². The SMILES string of the molecule is CCN(CC)CCCC(C)NC(=O)c1cc(Cl)c(N)cc1OC. The van der Waals surface area contributed by atoms with Crippen LogP contribution in [-0.2, 0) is 0 Å². The van der Waals surface area contributed by atoms with Gasteiger partial charge in [0.05, 0.1) is 23.4 Å². The Labute approximate surface area is 144 Å². The molecule has 0 aliphatic carbocycles.